The molecule has 0 unspecified atom stereocenters. The zero-order valence-corrected chi connectivity index (χ0v) is 8.57. The Morgan fingerprint density at radius 2 is 2.07 bits per heavy atom. The Morgan fingerprint density at radius 3 is 2.60 bits per heavy atom. The molecular weight excluding hydrogens is 197 g/mol. The van der Waals surface area contributed by atoms with Crippen molar-refractivity contribution in [2.24, 2.45) is 0 Å². The summed E-state index contributed by atoms with van der Waals surface area (Å²) in [4.78, 5) is 12.0. The maximum absolute atomic E-state index is 13.1. The van der Waals surface area contributed by atoms with E-state index >= 15 is 0 Å². The molecule has 80 valence electrons. The predicted molar refractivity (Wildman–Crippen MR) is 57.4 cm³/mol. The number of hydrogen-bond donors (Lipinski definition) is 1. The highest BCUT2D eigenvalue weighted by atomic mass is 19.1. The molecule has 0 aromatic heterocycles. The molecule has 1 N–H and O–H groups in total. The lowest BCUT2D eigenvalue weighted by molar-refractivity contribution is -0.131. The van der Waals surface area contributed by atoms with Crippen LogP contribution >= 0.6 is 0 Å². The second-order valence-corrected chi connectivity index (χ2v) is 3.31. The molecule has 0 atom stereocenters. The van der Waals surface area contributed by atoms with Gasteiger partial charge in [0.05, 0.1) is 0 Å². The molecule has 15 heavy (non-hydrogen) atoms. The fourth-order valence-corrected chi connectivity index (χ4v) is 1.12. The standard InChI is InChI=1S/C11H12FNO2/c1-13(2)10-6-8(3-4-11(14)15)5-9(12)7-10/h3-7H,1-2H3,(H,14,15)/b4-3+. The van der Waals surface area contributed by atoms with Crippen molar-refractivity contribution in [1.29, 1.82) is 0 Å². The fourth-order valence-electron chi connectivity index (χ4n) is 1.12. The van der Waals surface area contributed by atoms with Crippen LogP contribution in [0.1, 0.15) is 5.56 Å². The van der Waals surface area contributed by atoms with Crippen molar-refractivity contribution in [3.8, 4) is 0 Å². The van der Waals surface area contributed by atoms with E-state index in [2.05, 4.69) is 0 Å². The van der Waals surface area contributed by atoms with Gasteiger partial charge in [0.1, 0.15) is 5.82 Å². The molecule has 0 bridgehead atoms. The molecule has 0 fully saturated rings. The maximum Gasteiger partial charge on any atom is 0.328 e. The van der Waals surface area contributed by atoms with Gasteiger partial charge in [-0.1, -0.05) is 0 Å². The summed E-state index contributed by atoms with van der Waals surface area (Å²) in [5, 5.41) is 8.43. The van der Waals surface area contributed by atoms with Gasteiger partial charge in [-0.2, -0.15) is 0 Å². The number of carbonyl (C=O) groups is 1. The lowest BCUT2D eigenvalue weighted by atomic mass is 10.1. The van der Waals surface area contributed by atoms with E-state index in [-0.39, 0.29) is 5.82 Å². The fraction of sp³-hybridized carbons (Fsp3) is 0.182. The highest BCUT2D eigenvalue weighted by Crippen LogP contribution is 2.17. The number of rotatable bonds is 3. The Kier molecular flexibility index (Phi) is 3.44. The second kappa shape index (κ2) is 4.59. The molecule has 4 heteroatoms. The Hall–Kier alpha value is -1.84. The minimum atomic E-state index is -1.05. The summed E-state index contributed by atoms with van der Waals surface area (Å²) in [5.41, 5.74) is 1.22. The molecule has 1 aromatic rings. The number of carboxylic acids is 1. The molecular formula is C11H12FNO2. The van der Waals surface area contributed by atoms with Crippen molar-refractivity contribution in [1.82, 2.24) is 0 Å². The Bertz CT molecular complexity index is 400. The van der Waals surface area contributed by atoms with Crippen LogP contribution in [0.2, 0.25) is 0 Å². The largest absolute Gasteiger partial charge is 0.478 e. The maximum atomic E-state index is 13.1. The van der Waals surface area contributed by atoms with Gasteiger partial charge in [-0.25, -0.2) is 9.18 Å². The van der Waals surface area contributed by atoms with E-state index in [0.29, 0.717) is 11.3 Å². The molecule has 0 saturated heterocycles. The Balaban J connectivity index is 3.04. The highest BCUT2D eigenvalue weighted by Gasteiger charge is 2.00. The van der Waals surface area contributed by atoms with E-state index in [4.69, 9.17) is 5.11 Å². The van der Waals surface area contributed by atoms with E-state index in [1.807, 2.05) is 0 Å². The average Bonchev–Trinajstić information content (AvgIpc) is 2.13. The van der Waals surface area contributed by atoms with Gasteiger partial charge in [0.25, 0.3) is 0 Å². The average molecular weight is 209 g/mol. The van der Waals surface area contributed by atoms with Crippen molar-refractivity contribution in [2.45, 2.75) is 0 Å². The normalized spacial score (nSPS) is 10.6. The number of aliphatic carboxylic acids is 1. The van der Waals surface area contributed by atoms with Crippen LogP contribution in [0, 0.1) is 5.82 Å². The van der Waals surface area contributed by atoms with Crippen LogP contribution in [0.4, 0.5) is 10.1 Å². The number of carboxylic acid groups (broad SMARTS) is 1. The summed E-state index contributed by atoms with van der Waals surface area (Å²) in [6.07, 6.45) is 2.34. The van der Waals surface area contributed by atoms with Crippen molar-refractivity contribution in [2.75, 3.05) is 19.0 Å². The van der Waals surface area contributed by atoms with Gasteiger partial charge in [0, 0.05) is 25.9 Å². The predicted octanol–water partition coefficient (Wildman–Crippen LogP) is 1.99. The van der Waals surface area contributed by atoms with E-state index in [1.165, 1.54) is 18.2 Å². The lowest BCUT2D eigenvalue weighted by Crippen LogP contribution is -2.08. The first kappa shape index (κ1) is 11.2. The summed E-state index contributed by atoms with van der Waals surface area (Å²) in [6, 6.07) is 4.38. The van der Waals surface area contributed by atoms with E-state index in [9.17, 15) is 9.18 Å². The van der Waals surface area contributed by atoms with Crippen molar-refractivity contribution in [3.63, 3.8) is 0 Å². The minimum absolute atomic E-state index is 0.383. The first-order valence-corrected chi connectivity index (χ1v) is 4.38. The van der Waals surface area contributed by atoms with Crippen molar-refractivity contribution < 1.29 is 14.3 Å². The summed E-state index contributed by atoms with van der Waals surface area (Å²) >= 11 is 0. The third-order valence-electron chi connectivity index (χ3n) is 1.84. The molecule has 1 rings (SSSR count). The van der Waals surface area contributed by atoms with E-state index < -0.39 is 5.97 Å². The second-order valence-electron chi connectivity index (χ2n) is 3.31. The Morgan fingerprint density at radius 1 is 1.40 bits per heavy atom. The Labute approximate surface area is 87.4 Å². The molecule has 1 aromatic carbocycles. The van der Waals surface area contributed by atoms with Crippen LogP contribution in [-0.4, -0.2) is 25.2 Å². The quantitative estimate of drug-likeness (QED) is 0.774. The minimum Gasteiger partial charge on any atom is -0.478 e. The number of nitrogens with zero attached hydrogens (tertiary/aromatic N) is 1. The molecule has 0 aliphatic carbocycles. The SMILES string of the molecule is CN(C)c1cc(F)cc(/C=C/C(=O)O)c1. The molecule has 0 amide bonds. The summed E-state index contributed by atoms with van der Waals surface area (Å²) < 4.78 is 13.1. The number of halogens is 1. The van der Waals surface area contributed by atoms with Crippen molar-refractivity contribution in [3.05, 3.63) is 35.7 Å². The zero-order chi connectivity index (χ0) is 11.4. The number of hydrogen-bond acceptors (Lipinski definition) is 2. The first-order valence-electron chi connectivity index (χ1n) is 4.38. The highest BCUT2D eigenvalue weighted by molar-refractivity contribution is 5.85. The summed E-state index contributed by atoms with van der Waals surface area (Å²) in [5.74, 6) is -1.43. The summed E-state index contributed by atoms with van der Waals surface area (Å²) in [7, 11) is 3.58. The number of anilines is 1. The van der Waals surface area contributed by atoms with E-state index in [0.717, 1.165) is 6.08 Å². The van der Waals surface area contributed by atoms with E-state index in [1.54, 1.807) is 25.1 Å². The van der Waals surface area contributed by atoms with Crippen LogP contribution < -0.4 is 4.90 Å². The van der Waals surface area contributed by atoms with Gasteiger partial charge in [-0.3, -0.25) is 0 Å². The van der Waals surface area contributed by atoms with Gasteiger partial charge in [-0.15, -0.1) is 0 Å². The molecule has 0 spiro atoms. The summed E-state index contributed by atoms with van der Waals surface area (Å²) in [6.45, 7) is 0. The third kappa shape index (κ3) is 3.42. The molecule has 3 nitrogen and oxygen atoms in total. The molecule has 0 saturated carbocycles. The van der Waals surface area contributed by atoms with Crippen LogP contribution in [0.3, 0.4) is 0 Å². The van der Waals surface area contributed by atoms with Gasteiger partial charge in [0.15, 0.2) is 0 Å². The topological polar surface area (TPSA) is 40.5 Å². The lowest BCUT2D eigenvalue weighted by Gasteiger charge is -2.12. The van der Waals surface area contributed by atoms with Crippen LogP contribution in [0.25, 0.3) is 6.08 Å². The van der Waals surface area contributed by atoms with Gasteiger partial charge < -0.3 is 10.0 Å². The van der Waals surface area contributed by atoms with Gasteiger partial charge in [0.2, 0.25) is 0 Å². The van der Waals surface area contributed by atoms with Crippen molar-refractivity contribution >= 4 is 17.7 Å². The monoisotopic (exact) mass is 209 g/mol. The molecule has 0 aliphatic rings. The van der Waals surface area contributed by atoms with Crippen LogP contribution in [0.15, 0.2) is 24.3 Å². The van der Waals surface area contributed by atoms with Crippen LogP contribution in [0.5, 0.6) is 0 Å². The van der Waals surface area contributed by atoms with Crippen LogP contribution in [-0.2, 0) is 4.79 Å². The number of benzene rings is 1. The first-order chi connectivity index (χ1) is 6.99. The molecule has 0 heterocycles. The molecule has 0 radical (unpaired) electrons. The van der Waals surface area contributed by atoms with Gasteiger partial charge in [-0.05, 0) is 29.8 Å². The molecule has 0 aliphatic heterocycles. The van der Waals surface area contributed by atoms with Gasteiger partial charge >= 0.3 is 5.97 Å². The zero-order valence-electron chi connectivity index (χ0n) is 8.57. The smallest absolute Gasteiger partial charge is 0.328 e. The third-order valence-corrected chi connectivity index (χ3v) is 1.84.